The predicted molar refractivity (Wildman–Crippen MR) is 132 cm³/mol. The third-order valence-corrected chi connectivity index (χ3v) is 8.12. The Hall–Kier alpha value is -2.57. The number of rotatable bonds is 5. The fraction of sp³-hybridized carbons (Fsp3) is 0.481. The Bertz CT molecular complexity index is 1110. The van der Waals surface area contributed by atoms with Crippen molar-refractivity contribution >= 4 is 23.4 Å². The molecule has 1 N–H and O–H groups in total. The van der Waals surface area contributed by atoms with Crippen LogP contribution in [0, 0.1) is 11.8 Å². The summed E-state index contributed by atoms with van der Waals surface area (Å²) < 4.78 is 11.3. The van der Waals surface area contributed by atoms with Gasteiger partial charge in [0.25, 0.3) is 0 Å². The van der Waals surface area contributed by atoms with Crippen LogP contribution in [0.5, 0.6) is 5.75 Å². The normalized spacial score (nSPS) is 26.4. The van der Waals surface area contributed by atoms with Gasteiger partial charge in [-0.2, -0.15) is 0 Å². The van der Waals surface area contributed by atoms with Crippen LogP contribution in [0.25, 0.3) is 0 Å². The van der Waals surface area contributed by atoms with Crippen molar-refractivity contribution in [3.8, 4) is 5.75 Å². The van der Waals surface area contributed by atoms with Crippen LogP contribution in [-0.2, 0) is 16.6 Å². The molecule has 180 valence electrons. The second-order valence-electron chi connectivity index (χ2n) is 9.84. The van der Waals surface area contributed by atoms with Gasteiger partial charge in [0.2, 0.25) is 0 Å². The Morgan fingerprint density at radius 3 is 3.00 bits per heavy atom. The zero-order valence-electron chi connectivity index (χ0n) is 19.5. The Labute approximate surface area is 205 Å². The lowest BCUT2D eigenvalue weighted by atomic mass is 9.68. The van der Waals surface area contributed by atoms with Crippen LogP contribution in [0.4, 0.5) is 5.82 Å². The van der Waals surface area contributed by atoms with E-state index < -0.39 is 12.1 Å². The standard InChI is InChI=1S/C27H31ClN2O4/c1-3-23(31)20-8-6-18(20)14-30-15-27(12-4-5-17-13-19(28)7-9-21(17)27)16-34-24-11-10-22(26(32)33-2)29-25(24)30/h3,7,9-11,13,18,20,23,31H,1,4-6,8,12,14-16H2,2H3/t18-,20+,23?,27?/m0/s1. The number of benzene rings is 1. The van der Waals surface area contributed by atoms with Gasteiger partial charge < -0.3 is 19.5 Å². The quantitative estimate of drug-likeness (QED) is 0.497. The topological polar surface area (TPSA) is 71.9 Å². The summed E-state index contributed by atoms with van der Waals surface area (Å²) in [7, 11) is 1.36. The number of esters is 1. The highest BCUT2D eigenvalue weighted by Crippen LogP contribution is 2.46. The van der Waals surface area contributed by atoms with E-state index in [1.807, 2.05) is 12.1 Å². The number of aliphatic hydroxyl groups is 1. The average molecular weight is 483 g/mol. The second-order valence-corrected chi connectivity index (χ2v) is 10.3. The van der Waals surface area contributed by atoms with Gasteiger partial charge in [0.05, 0.1) is 19.8 Å². The van der Waals surface area contributed by atoms with Crippen LogP contribution < -0.4 is 9.64 Å². The first-order valence-electron chi connectivity index (χ1n) is 12.0. The molecule has 1 fully saturated rings. The molecule has 7 heteroatoms. The Kier molecular flexibility index (Phi) is 6.30. The molecule has 34 heavy (non-hydrogen) atoms. The number of carbonyl (C=O) groups is 1. The third-order valence-electron chi connectivity index (χ3n) is 7.88. The molecule has 6 nitrogen and oxygen atoms in total. The van der Waals surface area contributed by atoms with Gasteiger partial charge in [0, 0.05) is 23.5 Å². The predicted octanol–water partition coefficient (Wildman–Crippen LogP) is 4.57. The number of ether oxygens (including phenoxy) is 2. The Balaban J connectivity index is 1.55. The Morgan fingerprint density at radius 1 is 1.41 bits per heavy atom. The van der Waals surface area contributed by atoms with E-state index in [4.69, 9.17) is 26.1 Å². The monoisotopic (exact) mass is 482 g/mol. The molecule has 0 amide bonds. The lowest BCUT2D eigenvalue weighted by Gasteiger charge is -2.45. The van der Waals surface area contributed by atoms with Crippen molar-refractivity contribution in [2.75, 3.05) is 31.7 Å². The molecule has 2 unspecified atom stereocenters. The van der Waals surface area contributed by atoms with Gasteiger partial charge in [-0.3, -0.25) is 0 Å². The van der Waals surface area contributed by atoms with Crippen molar-refractivity contribution in [1.82, 2.24) is 4.98 Å². The van der Waals surface area contributed by atoms with Gasteiger partial charge in [-0.1, -0.05) is 23.7 Å². The zero-order chi connectivity index (χ0) is 23.9. The minimum atomic E-state index is -0.512. The maximum absolute atomic E-state index is 12.3. The second kappa shape index (κ2) is 9.23. The molecule has 4 atom stereocenters. The number of methoxy groups -OCH3 is 1. The molecule has 1 aliphatic heterocycles. The summed E-state index contributed by atoms with van der Waals surface area (Å²) in [5.74, 6) is 1.36. The first-order chi connectivity index (χ1) is 16.4. The molecule has 0 bridgehead atoms. The molecule has 2 heterocycles. The first-order valence-corrected chi connectivity index (χ1v) is 12.4. The summed E-state index contributed by atoms with van der Waals surface area (Å²) in [5, 5.41) is 11.2. The van der Waals surface area contributed by atoms with Crippen molar-refractivity contribution in [3.05, 3.63) is 64.8 Å². The number of hydrogen-bond acceptors (Lipinski definition) is 6. The van der Waals surface area contributed by atoms with E-state index in [0.29, 0.717) is 24.1 Å². The smallest absolute Gasteiger partial charge is 0.356 e. The van der Waals surface area contributed by atoms with E-state index >= 15 is 0 Å². The number of hydrogen-bond donors (Lipinski definition) is 1. The van der Waals surface area contributed by atoms with Crippen LogP contribution in [-0.4, -0.2) is 49.0 Å². The number of carbonyl (C=O) groups excluding carboxylic acids is 1. The number of fused-ring (bicyclic) bond motifs is 3. The highest BCUT2D eigenvalue weighted by Gasteiger charge is 2.44. The fourth-order valence-electron chi connectivity index (χ4n) is 5.93. The van der Waals surface area contributed by atoms with Crippen molar-refractivity contribution < 1.29 is 19.4 Å². The maximum Gasteiger partial charge on any atom is 0.356 e. The molecular weight excluding hydrogens is 452 g/mol. The van der Waals surface area contributed by atoms with E-state index in [1.165, 1.54) is 18.2 Å². The lowest BCUT2D eigenvalue weighted by Crippen LogP contribution is -2.49. The van der Waals surface area contributed by atoms with E-state index in [1.54, 1.807) is 12.1 Å². The molecule has 5 rings (SSSR count). The van der Waals surface area contributed by atoms with E-state index in [0.717, 1.165) is 50.2 Å². The average Bonchev–Trinajstić information content (AvgIpc) is 2.98. The van der Waals surface area contributed by atoms with E-state index in [9.17, 15) is 9.90 Å². The van der Waals surface area contributed by atoms with Crippen LogP contribution in [0.1, 0.15) is 47.3 Å². The van der Waals surface area contributed by atoms with E-state index in [2.05, 4.69) is 23.6 Å². The molecule has 1 spiro atoms. The van der Waals surface area contributed by atoms with Crippen molar-refractivity contribution in [2.45, 2.75) is 43.6 Å². The van der Waals surface area contributed by atoms with Gasteiger partial charge in [-0.05, 0) is 79.3 Å². The van der Waals surface area contributed by atoms with Gasteiger partial charge in [-0.15, -0.1) is 6.58 Å². The SMILES string of the molecule is C=CC(O)[C@@H]1CC[C@H]1CN1CC2(CCCc3cc(Cl)ccc32)COc2ccc(C(=O)OC)nc21. The molecule has 1 saturated carbocycles. The molecule has 1 aromatic carbocycles. The minimum absolute atomic E-state index is 0.183. The largest absolute Gasteiger partial charge is 0.489 e. The molecule has 2 aromatic rings. The number of anilines is 1. The minimum Gasteiger partial charge on any atom is -0.489 e. The maximum atomic E-state index is 12.3. The molecular formula is C27H31ClN2O4. The van der Waals surface area contributed by atoms with Crippen molar-refractivity contribution in [3.63, 3.8) is 0 Å². The fourth-order valence-corrected chi connectivity index (χ4v) is 6.12. The number of nitrogens with zero attached hydrogens (tertiary/aromatic N) is 2. The Morgan fingerprint density at radius 2 is 2.26 bits per heavy atom. The molecule has 2 aliphatic carbocycles. The van der Waals surface area contributed by atoms with Gasteiger partial charge in [0.15, 0.2) is 17.3 Å². The molecule has 0 saturated heterocycles. The third kappa shape index (κ3) is 4.07. The molecule has 0 radical (unpaired) electrons. The number of aromatic nitrogens is 1. The number of halogens is 1. The summed E-state index contributed by atoms with van der Waals surface area (Å²) in [6, 6.07) is 9.67. The lowest BCUT2D eigenvalue weighted by molar-refractivity contribution is 0.0459. The summed E-state index contributed by atoms with van der Waals surface area (Å²) in [5.41, 5.74) is 2.61. The van der Waals surface area contributed by atoms with Gasteiger partial charge in [0.1, 0.15) is 0 Å². The van der Waals surface area contributed by atoms with E-state index in [-0.39, 0.29) is 17.0 Å². The highest BCUT2D eigenvalue weighted by atomic mass is 35.5. The summed E-state index contributed by atoms with van der Waals surface area (Å²) in [4.78, 5) is 19.2. The summed E-state index contributed by atoms with van der Waals surface area (Å²) >= 11 is 6.33. The van der Waals surface area contributed by atoms with Crippen LogP contribution in [0.3, 0.4) is 0 Å². The van der Waals surface area contributed by atoms with Crippen LogP contribution in [0.15, 0.2) is 43.0 Å². The van der Waals surface area contributed by atoms with Gasteiger partial charge in [-0.25, -0.2) is 9.78 Å². The zero-order valence-corrected chi connectivity index (χ0v) is 20.3. The van der Waals surface area contributed by atoms with Crippen LogP contribution >= 0.6 is 11.6 Å². The first kappa shape index (κ1) is 23.2. The number of pyridine rings is 1. The van der Waals surface area contributed by atoms with Crippen LogP contribution in [0.2, 0.25) is 5.02 Å². The summed E-state index contributed by atoms with van der Waals surface area (Å²) in [6.07, 6.45) is 6.21. The van der Waals surface area contributed by atoms with Crippen molar-refractivity contribution in [1.29, 1.82) is 0 Å². The number of aliphatic hydroxyl groups excluding tert-OH is 1. The summed E-state index contributed by atoms with van der Waals surface area (Å²) in [6.45, 7) is 5.77. The molecule has 3 aliphatic rings. The highest BCUT2D eigenvalue weighted by molar-refractivity contribution is 6.30. The van der Waals surface area contributed by atoms with Crippen molar-refractivity contribution in [2.24, 2.45) is 11.8 Å². The number of aryl methyl sites for hydroxylation is 1. The van der Waals surface area contributed by atoms with Gasteiger partial charge >= 0.3 is 5.97 Å². The molecule has 1 aromatic heterocycles.